The predicted molar refractivity (Wildman–Crippen MR) is 131 cm³/mol. The molecular weight excluding hydrogens is 424 g/mol. The zero-order valence-electron chi connectivity index (χ0n) is 21.4. The topological polar surface area (TPSA) is 85.2 Å². The standard InChI is InChI=1S/C28H44N4O2/c1-17-7-8-22(31-26(33)19-5-4-6-21(12-19)28(16-29)9-10-28)14-23(17)24-13-20-15-30-18(2)11-25(20)32(3)27(24)34/h17-25,30H,4-15H2,1-3H3,(H,31,33). The molecular formula is C28H44N4O2. The van der Waals surface area contributed by atoms with Crippen LogP contribution in [0.15, 0.2) is 0 Å². The molecule has 0 radical (unpaired) electrons. The van der Waals surface area contributed by atoms with Crippen molar-refractivity contribution in [2.24, 2.45) is 40.9 Å². The van der Waals surface area contributed by atoms with Crippen molar-refractivity contribution >= 4 is 11.8 Å². The Morgan fingerprint density at radius 2 is 1.91 bits per heavy atom. The molecule has 0 aromatic rings. The van der Waals surface area contributed by atoms with Crippen LogP contribution in [0, 0.1) is 52.3 Å². The van der Waals surface area contributed by atoms with Gasteiger partial charge in [0.05, 0.1) is 11.5 Å². The van der Waals surface area contributed by atoms with E-state index in [0.29, 0.717) is 41.7 Å². The first-order valence-corrected chi connectivity index (χ1v) is 14.0. The van der Waals surface area contributed by atoms with Gasteiger partial charge in [-0.1, -0.05) is 13.3 Å². The van der Waals surface area contributed by atoms with Crippen molar-refractivity contribution in [1.82, 2.24) is 15.5 Å². The minimum absolute atomic E-state index is 0.0564. The van der Waals surface area contributed by atoms with Crippen LogP contribution in [0.4, 0.5) is 0 Å². The number of nitriles is 1. The Labute approximate surface area is 205 Å². The normalized spacial score (nSPS) is 44.0. The van der Waals surface area contributed by atoms with Crippen LogP contribution < -0.4 is 10.6 Å². The van der Waals surface area contributed by atoms with Crippen LogP contribution in [0.3, 0.4) is 0 Å². The van der Waals surface area contributed by atoms with Crippen LogP contribution in [0.5, 0.6) is 0 Å². The molecule has 0 aromatic heterocycles. The Morgan fingerprint density at radius 1 is 1.12 bits per heavy atom. The van der Waals surface area contributed by atoms with E-state index in [1.54, 1.807) is 0 Å². The number of hydrogen-bond acceptors (Lipinski definition) is 4. The molecule has 6 nitrogen and oxygen atoms in total. The SMILES string of the molecule is CC1CC2C(CN1)CC(C1CC(NC(=O)C3CCCC(C4(C#N)CC4)C3)CCC1C)C(=O)N2C. The highest BCUT2D eigenvalue weighted by atomic mass is 16.2. The van der Waals surface area contributed by atoms with E-state index in [0.717, 1.165) is 77.2 Å². The average molecular weight is 469 g/mol. The molecule has 2 heterocycles. The van der Waals surface area contributed by atoms with Gasteiger partial charge in [-0.05, 0) is 94.8 Å². The summed E-state index contributed by atoms with van der Waals surface area (Å²) in [6.45, 7) is 5.54. The molecule has 34 heavy (non-hydrogen) atoms. The molecule has 6 heteroatoms. The fraction of sp³-hybridized carbons (Fsp3) is 0.893. The second-order valence-electron chi connectivity index (χ2n) is 12.7. The number of likely N-dealkylation sites (tertiary alicyclic amines) is 1. The number of carbonyl (C=O) groups is 2. The second-order valence-corrected chi connectivity index (χ2v) is 12.7. The molecule has 2 saturated heterocycles. The van der Waals surface area contributed by atoms with Gasteiger partial charge < -0.3 is 15.5 Å². The molecule has 188 valence electrons. The summed E-state index contributed by atoms with van der Waals surface area (Å²) in [4.78, 5) is 28.8. The van der Waals surface area contributed by atoms with Crippen LogP contribution in [0.25, 0.3) is 0 Å². The van der Waals surface area contributed by atoms with E-state index in [4.69, 9.17) is 0 Å². The monoisotopic (exact) mass is 468 g/mol. The van der Waals surface area contributed by atoms with Crippen LogP contribution in [-0.2, 0) is 9.59 Å². The number of fused-ring (bicyclic) bond motifs is 1. The maximum absolute atomic E-state index is 13.5. The summed E-state index contributed by atoms with van der Waals surface area (Å²) in [6, 6.07) is 3.60. The average Bonchev–Trinajstić information content (AvgIpc) is 3.65. The van der Waals surface area contributed by atoms with Crippen LogP contribution in [-0.4, -0.2) is 48.4 Å². The lowest BCUT2D eigenvalue weighted by atomic mass is 9.65. The van der Waals surface area contributed by atoms with Crippen LogP contribution in [0.2, 0.25) is 0 Å². The van der Waals surface area contributed by atoms with E-state index in [2.05, 4.69) is 35.5 Å². The fourth-order valence-corrected chi connectivity index (χ4v) is 8.09. The molecule has 5 fully saturated rings. The van der Waals surface area contributed by atoms with E-state index in [1.165, 1.54) is 0 Å². The highest BCUT2D eigenvalue weighted by molar-refractivity contribution is 5.81. The summed E-state index contributed by atoms with van der Waals surface area (Å²) in [7, 11) is 2.02. The number of nitrogens with zero attached hydrogens (tertiary/aromatic N) is 2. The van der Waals surface area contributed by atoms with E-state index >= 15 is 0 Å². The molecule has 0 bridgehead atoms. The smallest absolute Gasteiger partial charge is 0.225 e. The maximum atomic E-state index is 13.5. The van der Waals surface area contributed by atoms with Gasteiger partial charge in [-0.3, -0.25) is 9.59 Å². The summed E-state index contributed by atoms with van der Waals surface area (Å²) in [5, 5.41) is 16.7. The van der Waals surface area contributed by atoms with Crippen molar-refractivity contribution in [3.63, 3.8) is 0 Å². The summed E-state index contributed by atoms with van der Waals surface area (Å²) in [5.41, 5.74) is -0.124. The van der Waals surface area contributed by atoms with Crippen molar-refractivity contribution in [3.8, 4) is 6.07 Å². The highest BCUT2D eigenvalue weighted by Crippen LogP contribution is 2.56. The molecule has 9 unspecified atom stereocenters. The Hall–Kier alpha value is -1.61. The molecule has 2 aliphatic heterocycles. The number of carbonyl (C=O) groups excluding carboxylic acids is 2. The first kappa shape index (κ1) is 24.1. The van der Waals surface area contributed by atoms with Gasteiger partial charge in [0.25, 0.3) is 0 Å². The minimum Gasteiger partial charge on any atom is -0.353 e. The number of piperidine rings is 2. The Bertz CT molecular complexity index is 833. The quantitative estimate of drug-likeness (QED) is 0.656. The van der Waals surface area contributed by atoms with Crippen molar-refractivity contribution in [2.45, 2.75) is 103 Å². The highest BCUT2D eigenvalue weighted by Gasteiger charge is 2.52. The summed E-state index contributed by atoms with van der Waals surface area (Å²) in [5.74, 6) is 2.49. The molecule has 9 atom stereocenters. The fourth-order valence-electron chi connectivity index (χ4n) is 8.09. The van der Waals surface area contributed by atoms with E-state index in [-0.39, 0.29) is 29.2 Å². The third kappa shape index (κ3) is 4.50. The lowest BCUT2D eigenvalue weighted by molar-refractivity contribution is -0.148. The largest absolute Gasteiger partial charge is 0.353 e. The first-order valence-electron chi connectivity index (χ1n) is 14.0. The Morgan fingerprint density at radius 3 is 2.65 bits per heavy atom. The van der Waals surface area contributed by atoms with Crippen molar-refractivity contribution < 1.29 is 9.59 Å². The van der Waals surface area contributed by atoms with Gasteiger partial charge in [0, 0.05) is 43.6 Å². The van der Waals surface area contributed by atoms with Gasteiger partial charge in [-0.15, -0.1) is 0 Å². The van der Waals surface area contributed by atoms with Crippen molar-refractivity contribution in [3.05, 3.63) is 0 Å². The molecule has 2 N–H and O–H groups in total. The number of rotatable bonds is 4. The second kappa shape index (κ2) is 9.45. The molecule has 2 amide bonds. The molecule has 5 aliphatic rings. The molecule has 5 rings (SSSR count). The van der Waals surface area contributed by atoms with E-state index < -0.39 is 0 Å². The van der Waals surface area contributed by atoms with Crippen molar-refractivity contribution in [2.75, 3.05) is 13.6 Å². The lowest BCUT2D eigenvalue weighted by Gasteiger charge is -2.50. The lowest BCUT2D eigenvalue weighted by Crippen LogP contribution is -2.60. The predicted octanol–water partition coefficient (Wildman–Crippen LogP) is 3.86. The van der Waals surface area contributed by atoms with Gasteiger partial charge in [0.1, 0.15) is 0 Å². The van der Waals surface area contributed by atoms with Gasteiger partial charge in [0.2, 0.25) is 11.8 Å². The Balaban J connectivity index is 1.20. The van der Waals surface area contributed by atoms with Gasteiger partial charge in [0.15, 0.2) is 0 Å². The minimum atomic E-state index is -0.124. The summed E-state index contributed by atoms with van der Waals surface area (Å²) >= 11 is 0. The number of hydrogen-bond donors (Lipinski definition) is 2. The van der Waals surface area contributed by atoms with E-state index in [9.17, 15) is 14.9 Å². The zero-order chi connectivity index (χ0) is 24.0. The van der Waals surface area contributed by atoms with Crippen LogP contribution in [0.1, 0.15) is 84.5 Å². The third-order valence-electron chi connectivity index (χ3n) is 10.5. The van der Waals surface area contributed by atoms with E-state index in [1.807, 2.05) is 7.05 Å². The number of nitrogens with one attached hydrogen (secondary N) is 2. The zero-order valence-corrected chi connectivity index (χ0v) is 21.4. The first-order chi connectivity index (χ1) is 16.3. The molecule has 3 saturated carbocycles. The van der Waals surface area contributed by atoms with Gasteiger partial charge in [-0.2, -0.15) is 5.26 Å². The maximum Gasteiger partial charge on any atom is 0.225 e. The number of amides is 2. The van der Waals surface area contributed by atoms with Gasteiger partial charge in [-0.25, -0.2) is 0 Å². The molecule has 3 aliphatic carbocycles. The summed E-state index contributed by atoms with van der Waals surface area (Å²) < 4.78 is 0. The van der Waals surface area contributed by atoms with Crippen LogP contribution >= 0.6 is 0 Å². The Kier molecular flexibility index (Phi) is 6.70. The van der Waals surface area contributed by atoms with Crippen molar-refractivity contribution in [1.29, 1.82) is 5.26 Å². The molecule has 0 aromatic carbocycles. The summed E-state index contributed by atoms with van der Waals surface area (Å²) in [6.07, 6.45) is 11.1. The molecule has 0 spiro atoms. The third-order valence-corrected chi connectivity index (χ3v) is 10.5. The van der Waals surface area contributed by atoms with Gasteiger partial charge >= 0.3 is 0 Å².